The normalized spacial score (nSPS) is 10.8. The molecule has 1 amide bonds. The maximum Gasteiger partial charge on any atom is 0.277 e. The fraction of sp³-hybridized carbons (Fsp3) is 0.250. The van der Waals surface area contributed by atoms with Crippen LogP contribution in [0.4, 0.5) is 11.4 Å². The number of carbonyl (C=O) groups is 1. The average molecular weight is 463 g/mol. The van der Waals surface area contributed by atoms with E-state index >= 15 is 0 Å². The summed E-state index contributed by atoms with van der Waals surface area (Å²) in [6, 6.07) is 11.6. The Morgan fingerprint density at radius 2 is 2.00 bits per heavy atom. The molecule has 0 atom stereocenters. The van der Waals surface area contributed by atoms with Gasteiger partial charge >= 0.3 is 0 Å². The topological polar surface area (TPSA) is 120 Å². The van der Waals surface area contributed by atoms with Crippen LogP contribution in [-0.4, -0.2) is 26.8 Å². The van der Waals surface area contributed by atoms with E-state index in [1.807, 2.05) is 24.3 Å². The van der Waals surface area contributed by atoms with Gasteiger partial charge in [0, 0.05) is 12.1 Å². The van der Waals surface area contributed by atoms with Crippen LogP contribution in [0.25, 0.3) is 0 Å². The van der Waals surface area contributed by atoms with Gasteiger partial charge in [-0.05, 0) is 29.7 Å². The second-order valence-electron chi connectivity index (χ2n) is 6.73. The number of halogens is 1. The molecule has 1 heterocycles. The van der Waals surface area contributed by atoms with E-state index in [1.165, 1.54) is 23.8 Å². The molecular formula is C20H19ClN4O5S. The van der Waals surface area contributed by atoms with Crippen molar-refractivity contribution in [3.63, 3.8) is 0 Å². The minimum Gasteiger partial charge on any atom is -0.484 e. The monoisotopic (exact) mass is 462 g/mol. The third-order valence-electron chi connectivity index (χ3n) is 4.12. The van der Waals surface area contributed by atoms with Gasteiger partial charge in [0.1, 0.15) is 5.75 Å². The first-order valence-electron chi connectivity index (χ1n) is 9.23. The Morgan fingerprint density at radius 3 is 2.68 bits per heavy atom. The number of hydrogen-bond acceptors (Lipinski definition) is 8. The first-order chi connectivity index (χ1) is 14.8. The number of ether oxygens (including phenoxy) is 1. The predicted octanol–water partition coefficient (Wildman–Crippen LogP) is 5.06. The number of thioether (sulfide) groups is 1. The molecule has 0 saturated heterocycles. The van der Waals surface area contributed by atoms with Crippen LogP contribution < -0.4 is 10.1 Å². The Hall–Kier alpha value is -3.11. The van der Waals surface area contributed by atoms with Crippen molar-refractivity contribution < 1.29 is 18.9 Å². The minimum atomic E-state index is -0.568. The van der Waals surface area contributed by atoms with Crippen LogP contribution >= 0.6 is 23.4 Å². The largest absolute Gasteiger partial charge is 0.484 e. The van der Waals surface area contributed by atoms with Gasteiger partial charge in [0.05, 0.1) is 21.4 Å². The summed E-state index contributed by atoms with van der Waals surface area (Å²) < 4.78 is 11.1. The highest BCUT2D eigenvalue weighted by Gasteiger charge is 2.14. The molecule has 0 aliphatic carbocycles. The van der Waals surface area contributed by atoms with Crippen LogP contribution in [0.15, 0.2) is 52.1 Å². The van der Waals surface area contributed by atoms with Crippen LogP contribution in [0.1, 0.15) is 31.2 Å². The van der Waals surface area contributed by atoms with Crippen LogP contribution in [0.2, 0.25) is 5.02 Å². The van der Waals surface area contributed by atoms with E-state index in [1.54, 1.807) is 0 Å². The molecule has 9 nitrogen and oxygen atoms in total. The van der Waals surface area contributed by atoms with Crippen LogP contribution in [0.3, 0.4) is 0 Å². The van der Waals surface area contributed by atoms with Gasteiger partial charge in [0.25, 0.3) is 16.8 Å². The maximum absolute atomic E-state index is 12.1. The third-order valence-corrected chi connectivity index (χ3v) is 5.27. The zero-order chi connectivity index (χ0) is 22.4. The molecule has 162 valence electrons. The van der Waals surface area contributed by atoms with E-state index in [0.29, 0.717) is 11.7 Å². The number of nitrogens with one attached hydrogen (secondary N) is 1. The lowest BCUT2D eigenvalue weighted by atomic mass is 10.0. The van der Waals surface area contributed by atoms with Gasteiger partial charge in [-0.25, -0.2) is 0 Å². The summed E-state index contributed by atoms with van der Waals surface area (Å²) in [5.74, 6) is 0.934. The van der Waals surface area contributed by atoms with Crippen molar-refractivity contribution in [3.8, 4) is 5.75 Å². The lowest BCUT2D eigenvalue weighted by molar-refractivity contribution is -0.384. The van der Waals surface area contributed by atoms with Crippen molar-refractivity contribution >= 4 is 40.6 Å². The lowest BCUT2D eigenvalue weighted by Gasteiger charge is -2.07. The first-order valence-corrected chi connectivity index (χ1v) is 10.6. The Bertz CT molecular complexity index is 1070. The number of nitrogens with zero attached hydrogens (tertiary/aromatic N) is 3. The van der Waals surface area contributed by atoms with Gasteiger partial charge in [-0.3, -0.25) is 14.9 Å². The zero-order valence-electron chi connectivity index (χ0n) is 16.7. The summed E-state index contributed by atoms with van der Waals surface area (Å²) in [4.78, 5) is 22.4. The molecule has 2 aromatic carbocycles. The number of nitro groups is 1. The maximum atomic E-state index is 12.1. The molecular weight excluding hydrogens is 444 g/mol. The van der Waals surface area contributed by atoms with E-state index in [-0.39, 0.29) is 39.9 Å². The second-order valence-corrected chi connectivity index (χ2v) is 8.07. The van der Waals surface area contributed by atoms with Gasteiger partial charge in [-0.2, -0.15) is 0 Å². The number of amides is 1. The number of anilines is 1. The van der Waals surface area contributed by atoms with Crippen molar-refractivity contribution in [2.75, 3.05) is 11.1 Å². The van der Waals surface area contributed by atoms with Crippen molar-refractivity contribution in [1.82, 2.24) is 10.2 Å². The first kappa shape index (κ1) is 22.6. The Balaban J connectivity index is 1.49. The van der Waals surface area contributed by atoms with Crippen molar-refractivity contribution in [2.24, 2.45) is 0 Å². The summed E-state index contributed by atoms with van der Waals surface area (Å²) in [6.45, 7) is 4.34. The van der Waals surface area contributed by atoms with Crippen molar-refractivity contribution in [2.45, 2.75) is 31.6 Å². The quantitative estimate of drug-likeness (QED) is 0.266. The molecule has 0 aliphatic rings. The van der Waals surface area contributed by atoms with E-state index in [2.05, 4.69) is 29.4 Å². The summed E-state index contributed by atoms with van der Waals surface area (Å²) in [5, 5.41) is 21.6. The molecule has 0 spiro atoms. The van der Waals surface area contributed by atoms with E-state index < -0.39 is 10.8 Å². The Labute approximate surface area is 187 Å². The Kier molecular flexibility index (Phi) is 7.48. The lowest BCUT2D eigenvalue weighted by Crippen LogP contribution is -2.14. The van der Waals surface area contributed by atoms with Crippen molar-refractivity contribution in [1.29, 1.82) is 0 Å². The zero-order valence-corrected chi connectivity index (χ0v) is 18.3. The highest BCUT2D eigenvalue weighted by Crippen LogP contribution is 2.27. The van der Waals surface area contributed by atoms with E-state index in [4.69, 9.17) is 20.8 Å². The third kappa shape index (κ3) is 6.43. The summed E-state index contributed by atoms with van der Waals surface area (Å²) in [6.07, 6.45) is 0. The van der Waals surface area contributed by atoms with Gasteiger partial charge in [-0.15, -0.1) is 10.2 Å². The number of rotatable bonds is 9. The summed E-state index contributed by atoms with van der Waals surface area (Å²) in [7, 11) is 0. The molecule has 0 unspecified atom stereocenters. The van der Waals surface area contributed by atoms with Gasteiger partial charge in [0.15, 0.2) is 6.61 Å². The number of nitro benzene ring substituents is 1. The van der Waals surface area contributed by atoms with E-state index in [0.717, 1.165) is 11.8 Å². The molecule has 0 bridgehead atoms. The smallest absolute Gasteiger partial charge is 0.277 e. The molecule has 0 saturated carbocycles. The molecule has 31 heavy (non-hydrogen) atoms. The average Bonchev–Trinajstić information content (AvgIpc) is 3.20. The molecule has 3 rings (SSSR count). The van der Waals surface area contributed by atoms with Crippen molar-refractivity contribution in [3.05, 3.63) is 69.1 Å². The number of aromatic nitrogens is 2. The summed E-state index contributed by atoms with van der Waals surface area (Å²) in [5.41, 5.74) is 1.20. The van der Waals surface area contributed by atoms with Gasteiger partial charge in [-0.1, -0.05) is 49.3 Å². The minimum absolute atomic E-state index is 0.0435. The molecule has 0 radical (unpaired) electrons. The summed E-state index contributed by atoms with van der Waals surface area (Å²) >= 11 is 7.00. The Morgan fingerprint density at radius 1 is 1.26 bits per heavy atom. The molecule has 3 aromatic rings. The SMILES string of the molecule is CC(C)c1ccc(OCc2nnc(SCC(=O)Nc3cc([N+](=O)[O-])ccc3Cl)o2)cc1. The molecule has 0 aliphatic heterocycles. The number of benzene rings is 2. The number of hydrogen-bond donors (Lipinski definition) is 1. The highest BCUT2D eigenvalue weighted by molar-refractivity contribution is 7.99. The van der Waals surface area contributed by atoms with Crippen LogP contribution in [0.5, 0.6) is 5.75 Å². The van der Waals surface area contributed by atoms with Crippen LogP contribution in [-0.2, 0) is 11.4 Å². The second kappa shape index (κ2) is 10.3. The molecule has 1 N–H and O–H groups in total. The number of non-ortho nitro benzene ring substituents is 1. The standard InChI is InChI=1S/C20H19ClN4O5S/c1-12(2)13-3-6-15(7-4-13)29-10-19-23-24-20(30-19)31-11-18(26)22-17-9-14(25(27)28)5-8-16(17)21/h3-9,12H,10-11H2,1-2H3,(H,22,26). The van der Waals surface area contributed by atoms with Gasteiger partial charge in [0.2, 0.25) is 5.91 Å². The van der Waals surface area contributed by atoms with Crippen LogP contribution in [0, 0.1) is 10.1 Å². The highest BCUT2D eigenvalue weighted by atomic mass is 35.5. The molecule has 1 aromatic heterocycles. The molecule has 0 fully saturated rings. The predicted molar refractivity (Wildman–Crippen MR) is 117 cm³/mol. The fourth-order valence-corrected chi connectivity index (χ4v) is 3.23. The molecule has 11 heteroatoms. The number of carbonyl (C=O) groups excluding carboxylic acids is 1. The fourth-order valence-electron chi connectivity index (χ4n) is 2.49. The van der Waals surface area contributed by atoms with E-state index in [9.17, 15) is 14.9 Å². The van der Waals surface area contributed by atoms with Gasteiger partial charge < -0.3 is 14.5 Å².